The largest absolute Gasteiger partial charge is 0.444 e. The van der Waals surface area contributed by atoms with E-state index in [4.69, 9.17) is 16.3 Å². The molecule has 1 saturated heterocycles. The molecule has 1 fully saturated rings. The Balaban J connectivity index is 1.38. The first kappa shape index (κ1) is 33.0. The molecule has 0 aliphatic carbocycles. The van der Waals surface area contributed by atoms with Crippen LogP contribution >= 0.6 is 11.6 Å². The summed E-state index contributed by atoms with van der Waals surface area (Å²) in [6, 6.07) is 20.7. The number of carbonyl (C=O) groups excluding carboxylic acids is 4. The third-order valence-electron chi connectivity index (χ3n) is 8.36. The van der Waals surface area contributed by atoms with Gasteiger partial charge in [-0.25, -0.2) is 4.79 Å². The lowest BCUT2D eigenvalue weighted by Crippen LogP contribution is -2.58. The van der Waals surface area contributed by atoms with Crippen LogP contribution in [0.15, 0.2) is 72.8 Å². The standard InChI is InChI=1S/C36H41ClN4O5/c1-36(2,3)46-35(45)41-23-27-10-5-4-9-26(27)22-32(41)33(43)38-30(21-25-13-15-29(37)16-14-25)34(44)40-18-8-17-39(19-20-40)31-12-7-6-11-28(31)24-42/h4-7,9-16,24,30,32H,8,17-23H2,1-3H3,(H,38,43). The summed E-state index contributed by atoms with van der Waals surface area (Å²) in [4.78, 5) is 58.7. The van der Waals surface area contributed by atoms with Crippen molar-refractivity contribution in [2.24, 2.45) is 0 Å². The molecule has 2 aliphatic heterocycles. The van der Waals surface area contributed by atoms with Gasteiger partial charge in [0.25, 0.3) is 0 Å². The highest BCUT2D eigenvalue weighted by atomic mass is 35.5. The monoisotopic (exact) mass is 644 g/mol. The van der Waals surface area contributed by atoms with E-state index in [0.29, 0.717) is 49.6 Å². The van der Waals surface area contributed by atoms with Crippen molar-refractivity contribution in [3.05, 3.63) is 100 Å². The first-order chi connectivity index (χ1) is 22.0. The van der Waals surface area contributed by atoms with Gasteiger partial charge in [-0.3, -0.25) is 19.3 Å². The van der Waals surface area contributed by atoms with Gasteiger partial charge in [0.05, 0.1) is 6.54 Å². The molecule has 3 amide bonds. The Kier molecular flexibility index (Phi) is 10.3. The summed E-state index contributed by atoms with van der Waals surface area (Å²) in [7, 11) is 0. The molecule has 5 rings (SSSR count). The maximum Gasteiger partial charge on any atom is 0.411 e. The first-order valence-corrected chi connectivity index (χ1v) is 16.1. The van der Waals surface area contributed by atoms with Crippen molar-refractivity contribution in [2.45, 2.75) is 64.3 Å². The smallest absolute Gasteiger partial charge is 0.411 e. The van der Waals surface area contributed by atoms with Crippen LogP contribution in [0, 0.1) is 0 Å². The molecule has 0 bridgehead atoms. The van der Waals surface area contributed by atoms with E-state index >= 15 is 0 Å². The molecule has 2 unspecified atom stereocenters. The van der Waals surface area contributed by atoms with Crippen molar-refractivity contribution in [3.8, 4) is 0 Å². The topological polar surface area (TPSA) is 99.3 Å². The zero-order chi connectivity index (χ0) is 32.8. The molecule has 2 aliphatic rings. The van der Waals surface area contributed by atoms with Crippen LogP contribution < -0.4 is 10.2 Å². The van der Waals surface area contributed by atoms with Crippen LogP contribution in [0.3, 0.4) is 0 Å². The number of rotatable bonds is 7. The number of anilines is 1. The predicted octanol–water partition coefficient (Wildman–Crippen LogP) is 5.28. The van der Waals surface area contributed by atoms with Crippen molar-refractivity contribution in [3.63, 3.8) is 0 Å². The summed E-state index contributed by atoms with van der Waals surface area (Å²) >= 11 is 6.13. The van der Waals surface area contributed by atoms with Gasteiger partial charge < -0.3 is 19.9 Å². The van der Waals surface area contributed by atoms with E-state index in [2.05, 4.69) is 10.2 Å². The van der Waals surface area contributed by atoms with Crippen molar-refractivity contribution < 1.29 is 23.9 Å². The Morgan fingerprint density at radius 1 is 0.935 bits per heavy atom. The number of amides is 3. The van der Waals surface area contributed by atoms with E-state index in [1.807, 2.05) is 54.6 Å². The number of hydrogen-bond donors (Lipinski definition) is 1. The Morgan fingerprint density at radius 3 is 2.35 bits per heavy atom. The molecule has 2 heterocycles. The Hall–Kier alpha value is -4.37. The normalized spacial score (nSPS) is 17.4. The van der Waals surface area contributed by atoms with E-state index in [1.54, 1.807) is 43.9 Å². The molecule has 0 radical (unpaired) electrons. The highest BCUT2D eigenvalue weighted by Crippen LogP contribution is 2.26. The number of hydrogen-bond acceptors (Lipinski definition) is 6. The molecule has 242 valence electrons. The lowest BCUT2D eigenvalue weighted by molar-refractivity contribution is -0.137. The van der Waals surface area contributed by atoms with Crippen molar-refractivity contribution in [1.29, 1.82) is 0 Å². The number of aldehydes is 1. The molecule has 3 aromatic rings. The summed E-state index contributed by atoms with van der Waals surface area (Å²) in [5.74, 6) is -0.613. The number of nitrogens with zero attached hydrogens (tertiary/aromatic N) is 3. The molecule has 0 saturated carbocycles. The van der Waals surface area contributed by atoms with Gasteiger partial charge in [-0.2, -0.15) is 0 Å². The van der Waals surface area contributed by atoms with Gasteiger partial charge in [-0.15, -0.1) is 0 Å². The highest BCUT2D eigenvalue weighted by molar-refractivity contribution is 6.30. The third-order valence-corrected chi connectivity index (χ3v) is 8.61. The number of halogens is 1. The fourth-order valence-electron chi connectivity index (χ4n) is 6.07. The Morgan fingerprint density at radius 2 is 1.63 bits per heavy atom. The van der Waals surface area contributed by atoms with Crippen molar-refractivity contribution in [1.82, 2.24) is 15.1 Å². The van der Waals surface area contributed by atoms with Crippen LogP contribution in [0.5, 0.6) is 0 Å². The molecular weight excluding hydrogens is 604 g/mol. The number of fused-ring (bicyclic) bond motifs is 1. The zero-order valence-corrected chi connectivity index (χ0v) is 27.3. The van der Waals surface area contributed by atoms with Gasteiger partial charge in [0, 0.05) is 55.3 Å². The summed E-state index contributed by atoms with van der Waals surface area (Å²) in [6.45, 7) is 7.77. The van der Waals surface area contributed by atoms with Crippen LogP contribution in [-0.2, 0) is 33.7 Å². The van der Waals surface area contributed by atoms with Crippen molar-refractivity contribution >= 4 is 41.5 Å². The SMILES string of the molecule is CC(C)(C)OC(=O)N1Cc2ccccc2CC1C(=O)NC(Cc1ccc(Cl)cc1)C(=O)N1CCCN(c2ccccc2C=O)CC1. The molecule has 0 spiro atoms. The number of carbonyl (C=O) groups is 4. The molecule has 0 aromatic heterocycles. The Labute approximate surface area is 275 Å². The van der Waals surface area contributed by atoms with Gasteiger partial charge in [-0.05, 0) is 68.1 Å². The summed E-state index contributed by atoms with van der Waals surface area (Å²) in [6.07, 6.45) is 1.53. The van der Waals surface area contributed by atoms with Crippen LogP contribution in [0.25, 0.3) is 0 Å². The lowest BCUT2D eigenvalue weighted by atomic mass is 9.93. The lowest BCUT2D eigenvalue weighted by Gasteiger charge is -2.37. The second-order valence-corrected chi connectivity index (χ2v) is 13.3. The van der Waals surface area contributed by atoms with E-state index < -0.39 is 29.7 Å². The molecule has 46 heavy (non-hydrogen) atoms. The number of benzene rings is 3. The number of para-hydroxylation sites is 1. The average Bonchev–Trinajstić information content (AvgIpc) is 3.30. The van der Waals surface area contributed by atoms with E-state index in [1.165, 1.54) is 4.90 Å². The molecule has 1 N–H and O–H groups in total. The number of nitrogens with one attached hydrogen (secondary N) is 1. The van der Waals surface area contributed by atoms with E-state index in [9.17, 15) is 19.2 Å². The van der Waals surface area contributed by atoms with Crippen LogP contribution in [0.2, 0.25) is 5.02 Å². The van der Waals surface area contributed by atoms with E-state index in [0.717, 1.165) is 28.7 Å². The summed E-state index contributed by atoms with van der Waals surface area (Å²) in [5, 5.41) is 3.61. The van der Waals surface area contributed by atoms with Crippen LogP contribution in [0.1, 0.15) is 54.2 Å². The highest BCUT2D eigenvalue weighted by Gasteiger charge is 2.39. The van der Waals surface area contributed by atoms with Gasteiger partial charge in [0.2, 0.25) is 11.8 Å². The molecule has 3 aromatic carbocycles. The minimum atomic E-state index is -0.875. The van der Waals surface area contributed by atoms with Crippen LogP contribution in [-0.4, -0.2) is 77.9 Å². The van der Waals surface area contributed by atoms with Gasteiger partial charge in [0.1, 0.15) is 17.7 Å². The molecule has 10 heteroatoms. The second-order valence-electron chi connectivity index (χ2n) is 12.8. The number of ether oxygens (including phenoxy) is 1. The van der Waals surface area contributed by atoms with Gasteiger partial charge in [-0.1, -0.05) is 60.1 Å². The van der Waals surface area contributed by atoms with Gasteiger partial charge in [0.15, 0.2) is 6.29 Å². The fraction of sp³-hybridized carbons (Fsp3) is 0.389. The maximum absolute atomic E-state index is 14.2. The Bertz CT molecular complexity index is 1570. The quantitative estimate of drug-likeness (QED) is 0.352. The second kappa shape index (κ2) is 14.4. The summed E-state index contributed by atoms with van der Waals surface area (Å²) in [5.41, 5.74) is 3.49. The molecular formula is C36H41ClN4O5. The minimum Gasteiger partial charge on any atom is -0.444 e. The fourth-order valence-corrected chi connectivity index (χ4v) is 6.19. The van der Waals surface area contributed by atoms with Crippen molar-refractivity contribution in [2.75, 3.05) is 31.1 Å². The predicted molar refractivity (Wildman–Crippen MR) is 178 cm³/mol. The zero-order valence-electron chi connectivity index (χ0n) is 26.6. The van der Waals surface area contributed by atoms with Crippen LogP contribution in [0.4, 0.5) is 10.5 Å². The minimum absolute atomic E-state index is 0.200. The average molecular weight is 645 g/mol. The summed E-state index contributed by atoms with van der Waals surface area (Å²) < 4.78 is 5.70. The molecule has 9 nitrogen and oxygen atoms in total. The first-order valence-electron chi connectivity index (χ1n) is 15.7. The third kappa shape index (κ3) is 8.07. The molecule has 2 atom stereocenters. The van der Waals surface area contributed by atoms with Gasteiger partial charge >= 0.3 is 6.09 Å². The maximum atomic E-state index is 14.2. The van der Waals surface area contributed by atoms with E-state index in [-0.39, 0.29) is 18.9 Å².